The van der Waals surface area contributed by atoms with Crippen LogP contribution in [0.25, 0.3) is 0 Å². The van der Waals surface area contributed by atoms with E-state index >= 15 is 0 Å². The number of nitrogens with one attached hydrogen (secondary N) is 1. The van der Waals surface area contributed by atoms with Gasteiger partial charge < -0.3 is 10.4 Å². The third kappa shape index (κ3) is 3.63. The van der Waals surface area contributed by atoms with Crippen LogP contribution in [0.1, 0.15) is 10.5 Å². The van der Waals surface area contributed by atoms with Gasteiger partial charge in [0.2, 0.25) is 0 Å². The van der Waals surface area contributed by atoms with E-state index < -0.39 is 11.9 Å². The number of hydrogen-bond acceptors (Lipinski definition) is 4. The number of rotatable bonds is 4. The molecule has 0 aromatic carbocycles. The Morgan fingerprint density at radius 2 is 1.95 bits per heavy atom. The van der Waals surface area contributed by atoms with Crippen molar-refractivity contribution in [2.24, 2.45) is 0 Å². The number of carbonyl (C=O) groups is 2. The molecule has 0 aliphatic carbocycles. The number of aromatic nitrogens is 3. The zero-order chi connectivity index (χ0) is 15.6. The molecule has 2 aromatic heterocycles. The summed E-state index contributed by atoms with van der Waals surface area (Å²) in [4.78, 5) is 26.4. The molecule has 2 aromatic rings. The summed E-state index contributed by atoms with van der Waals surface area (Å²) in [6, 6.07) is 0. The average Bonchev–Trinajstić information content (AvgIpc) is 2.82. The van der Waals surface area contributed by atoms with Crippen molar-refractivity contribution >= 4 is 52.4 Å². The first kappa shape index (κ1) is 15.6. The van der Waals surface area contributed by atoms with E-state index in [4.69, 9.17) is 39.9 Å². The lowest BCUT2D eigenvalue weighted by atomic mass is 10.3. The van der Waals surface area contributed by atoms with E-state index in [0.717, 1.165) is 4.68 Å². The highest BCUT2D eigenvalue weighted by atomic mass is 35.5. The lowest BCUT2D eigenvalue weighted by Gasteiger charge is -2.05. The molecule has 0 bridgehead atoms. The number of anilines is 1. The number of halogens is 3. The van der Waals surface area contributed by atoms with E-state index in [1.165, 1.54) is 18.6 Å². The molecule has 0 saturated heterocycles. The molecule has 0 unspecified atom stereocenters. The summed E-state index contributed by atoms with van der Waals surface area (Å²) in [6.07, 6.45) is 3.86. The Morgan fingerprint density at radius 3 is 2.62 bits per heavy atom. The van der Waals surface area contributed by atoms with Crippen molar-refractivity contribution < 1.29 is 14.7 Å². The highest BCUT2D eigenvalue weighted by Crippen LogP contribution is 2.31. The molecule has 110 valence electrons. The first-order chi connectivity index (χ1) is 9.88. The van der Waals surface area contributed by atoms with Gasteiger partial charge in [0, 0.05) is 12.4 Å². The number of aliphatic carboxylic acids is 1. The Balaban J connectivity index is 2.17. The van der Waals surface area contributed by atoms with Crippen LogP contribution in [0.5, 0.6) is 0 Å². The smallest absolute Gasteiger partial charge is 0.325 e. The Hall–Kier alpha value is -1.83. The van der Waals surface area contributed by atoms with Gasteiger partial charge in [-0.15, -0.1) is 0 Å². The maximum Gasteiger partial charge on any atom is 0.325 e. The van der Waals surface area contributed by atoms with Crippen LogP contribution in [0.4, 0.5) is 5.69 Å². The number of pyridine rings is 1. The van der Waals surface area contributed by atoms with Crippen LogP contribution in [-0.2, 0) is 11.3 Å². The Labute approximate surface area is 133 Å². The molecule has 0 radical (unpaired) electrons. The third-order valence-corrected chi connectivity index (χ3v) is 3.56. The quantitative estimate of drug-likeness (QED) is 0.884. The lowest BCUT2D eigenvalue weighted by Crippen LogP contribution is -2.14. The molecule has 7 nitrogen and oxygen atoms in total. The number of amides is 1. The van der Waals surface area contributed by atoms with Crippen molar-refractivity contribution in [3.63, 3.8) is 0 Å². The standard InChI is InChI=1S/C11H7Cl3N4O3/c12-6-2-15-10(9(14)8(6)13)11(21)17-5-1-16-18(3-5)4-7(19)20/h1-3H,4H2,(H,17,21)(H,19,20). The molecule has 2 rings (SSSR count). The van der Waals surface area contributed by atoms with Crippen LogP contribution in [0.15, 0.2) is 18.6 Å². The summed E-state index contributed by atoms with van der Waals surface area (Å²) in [6.45, 7) is -0.318. The van der Waals surface area contributed by atoms with E-state index in [9.17, 15) is 9.59 Å². The summed E-state index contributed by atoms with van der Waals surface area (Å²) in [5, 5.41) is 15.0. The first-order valence-corrected chi connectivity index (χ1v) is 6.57. The highest BCUT2D eigenvalue weighted by molar-refractivity contribution is 6.49. The van der Waals surface area contributed by atoms with E-state index in [-0.39, 0.29) is 27.3 Å². The van der Waals surface area contributed by atoms with Crippen LogP contribution in [0, 0.1) is 0 Å². The maximum absolute atomic E-state index is 12.0. The van der Waals surface area contributed by atoms with Crippen LogP contribution in [-0.4, -0.2) is 31.7 Å². The minimum Gasteiger partial charge on any atom is -0.480 e. The molecular weight excluding hydrogens is 343 g/mol. The molecule has 21 heavy (non-hydrogen) atoms. The molecule has 10 heteroatoms. The van der Waals surface area contributed by atoms with Crippen LogP contribution >= 0.6 is 34.8 Å². The van der Waals surface area contributed by atoms with Gasteiger partial charge in [-0.1, -0.05) is 34.8 Å². The van der Waals surface area contributed by atoms with Gasteiger partial charge in [0.25, 0.3) is 5.91 Å². The molecular formula is C11H7Cl3N4O3. The number of carbonyl (C=O) groups excluding carboxylic acids is 1. The molecule has 0 fully saturated rings. The zero-order valence-electron chi connectivity index (χ0n) is 10.2. The van der Waals surface area contributed by atoms with Gasteiger partial charge in [0.05, 0.1) is 27.0 Å². The van der Waals surface area contributed by atoms with Crippen LogP contribution in [0.2, 0.25) is 15.1 Å². The summed E-state index contributed by atoms with van der Waals surface area (Å²) >= 11 is 17.4. The van der Waals surface area contributed by atoms with E-state index in [0.29, 0.717) is 5.69 Å². The molecule has 2 heterocycles. The fourth-order valence-corrected chi connectivity index (χ4v) is 2.01. The average molecular weight is 350 g/mol. The van der Waals surface area contributed by atoms with Crippen LogP contribution in [0.3, 0.4) is 0 Å². The molecule has 0 spiro atoms. The predicted octanol–water partition coefficient (Wildman–Crippen LogP) is 2.58. The van der Waals surface area contributed by atoms with Gasteiger partial charge in [-0.3, -0.25) is 14.3 Å². The van der Waals surface area contributed by atoms with Gasteiger partial charge in [-0.25, -0.2) is 4.98 Å². The first-order valence-electron chi connectivity index (χ1n) is 5.43. The maximum atomic E-state index is 12.0. The van der Waals surface area contributed by atoms with E-state index in [1.54, 1.807) is 0 Å². The molecule has 0 atom stereocenters. The zero-order valence-corrected chi connectivity index (χ0v) is 12.4. The van der Waals surface area contributed by atoms with Crippen LogP contribution < -0.4 is 5.32 Å². The number of carboxylic acids is 1. The van der Waals surface area contributed by atoms with Gasteiger partial charge in [-0.2, -0.15) is 5.10 Å². The molecule has 0 aliphatic rings. The summed E-state index contributed by atoms with van der Waals surface area (Å²) < 4.78 is 1.15. The molecule has 0 aliphatic heterocycles. The normalized spacial score (nSPS) is 10.4. The largest absolute Gasteiger partial charge is 0.480 e. The summed E-state index contributed by atoms with van der Waals surface area (Å²) in [7, 11) is 0. The Bertz CT molecular complexity index is 717. The monoisotopic (exact) mass is 348 g/mol. The molecule has 1 amide bonds. The Kier molecular flexibility index (Phi) is 4.66. The van der Waals surface area contributed by atoms with Crippen molar-refractivity contribution in [3.05, 3.63) is 39.4 Å². The SMILES string of the molecule is O=C(O)Cn1cc(NC(=O)c2ncc(Cl)c(Cl)c2Cl)cn1. The van der Waals surface area contributed by atoms with Gasteiger partial charge in [0.15, 0.2) is 0 Å². The van der Waals surface area contributed by atoms with Crippen molar-refractivity contribution in [2.75, 3.05) is 5.32 Å². The van der Waals surface area contributed by atoms with Gasteiger partial charge >= 0.3 is 5.97 Å². The highest BCUT2D eigenvalue weighted by Gasteiger charge is 2.17. The Morgan fingerprint density at radius 1 is 1.24 bits per heavy atom. The lowest BCUT2D eigenvalue weighted by molar-refractivity contribution is -0.137. The fraction of sp³-hybridized carbons (Fsp3) is 0.0909. The second-order valence-corrected chi connectivity index (χ2v) is 5.02. The summed E-state index contributed by atoms with van der Waals surface area (Å²) in [5.74, 6) is -1.67. The molecule has 0 saturated carbocycles. The van der Waals surface area contributed by atoms with Crippen molar-refractivity contribution in [1.82, 2.24) is 14.8 Å². The minimum absolute atomic E-state index is 0.0278. The summed E-state index contributed by atoms with van der Waals surface area (Å²) in [5.41, 5.74) is 0.197. The topological polar surface area (TPSA) is 97.1 Å². The third-order valence-electron chi connectivity index (χ3n) is 2.32. The predicted molar refractivity (Wildman–Crippen MR) is 77.1 cm³/mol. The number of hydrogen-bond donors (Lipinski definition) is 2. The second-order valence-electron chi connectivity index (χ2n) is 3.86. The van der Waals surface area contributed by atoms with Crippen molar-refractivity contribution in [1.29, 1.82) is 0 Å². The van der Waals surface area contributed by atoms with Crippen molar-refractivity contribution in [2.45, 2.75) is 6.54 Å². The second kappa shape index (κ2) is 6.30. The van der Waals surface area contributed by atoms with Gasteiger partial charge in [-0.05, 0) is 0 Å². The van der Waals surface area contributed by atoms with Gasteiger partial charge in [0.1, 0.15) is 12.2 Å². The number of nitrogens with zero attached hydrogens (tertiary/aromatic N) is 3. The fourth-order valence-electron chi connectivity index (χ4n) is 1.45. The van der Waals surface area contributed by atoms with E-state index in [2.05, 4.69) is 15.4 Å². The minimum atomic E-state index is -1.05. The number of carboxylic acid groups (broad SMARTS) is 1. The van der Waals surface area contributed by atoms with E-state index in [1.807, 2.05) is 0 Å². The van der Waals surface area contributed by atoms with Crippen molar-refractivity contribution in [3.8, 4) is 0 Å². The molecule has 2 N–H and O–H groups in total.